The Balaban J connectivity index is 3.06. The third kappa shape index (κ3) is 18.0. The zero-order valence-electron chi connectivity index (χ0n) is 12.9. The van der Waals surface area contributed by atoms with E-state index in [-0.39, 0.29) is 0 Å². The van der Waals surface area contributed by atoms with Crippen molar-refractivity contribution in [2.45, 2.75) is 84.0 Å². The van der Waals surface area contributed by atoms with Crippen molar-refractivity contribution in [1.29, 1.82) is 0 Å². The lowest BCUT2D eigenvalue weighted by molar-refractivity contribution is 0.557. The van der Waals surface area contributed by atoms with Crippen LogP contribution in [0.25, 0.3) is 0 Å². The summed E-state index contributed by atoms with van der Waals surface area (Å²) in [6.07, 6.45) is 25.5. The second kappa shape index (κ2) is 18.0. The van der Waals surface area contributed by atoms with Gasteiger partial charge in [0, 0.05) is 5.33 Å². The first kappa shape index (κ1) is 19.0. The van der Waals surface area contributed by atoms with E-state index in [1.807, 2.05) is 0 Å². The Morgan fingerprint density at radius 1 is 0.632 bits per heavy atom. The van der Waals surface area contributed by atoms with E-state index in [1.165, 1.54) is 70.6 Å². The Labute approximate surface area is 129 Å². The molecule has 1 heteroatoms. The summed E-state index contributed by atoms with van der Waals surface area (Å²) in [6, 6.07) is 0. The molecule has 0 amide bonds. The molecular weight excluding hydrogens is 296 g/mol. The number of alkyl halides is 1. The van der Waals surface area contributed by atoms with Crippen molar-refractivity contribution in [3.8, 4) is 0 Å². The highest BCUT2D eigenvalue weighted by Gasteiger charge is 1.91. The second-order valence-corrected chi connectivity index (χ2v) is 6.10. The number of hydrogen-bond acceptors (Lipinski definition) is 0. The van der Waals surface area contributed by atoms with Crippen molar-refractivity contribution < 1.29 is 0 Å². The largest absolute Gasteiger partial charge is 0.0925 e. The first-order valence-corrected chi connectivity index (χ1v) is 9.41. The minimum atomic E-state index is 1.07. The van der Waals surface area contributed by atoms with E-state index >= 15 is 0 Å². The monoisotopic (exact) mass is 328 g/mol. The Hall–Kier alpha value is -0.0400. The van der Waals surface area contributed by atoms with Gasteiger partial charge in [-0.25, -0.2) is 0 Å². The predicted molar refractivity (Wildman–Crippen MR) is 93.2 cm³/mol. The van der Waals surface area contributed by atoms with Crippen LogP contribution in [-0.4, -0.2) is 5.33 Å². The summed E-state index contributed by atoms with van der Waals surface area (Å²) in [5.74, 6) is 0. The maximum atomic E-state index is 3.42. The zero-order chi connectivity index (χ0) is 14.0. The third-order valence-corrected chi connectivity index (χ3v) is 3.84. The smallest absolute Gasteiger partial charge is 0.00660 e. The van der Waals surface area contributed by atoms with E-state index in [9.17, 15) is 0 Å². The molecule has 0 rings (SSSR count). The summed E-state index contributed by atoms with van der Waals surface area (Å²) in [5, 5.41) is 1.07. The van der Waals surface area contributed by atoms with Crippen LogP contribution in [0, 0.1) is 0 Å². The first-order chi connectivity index (χ1) is 9.41. The molecule has 0 aliphatic carbocycles. The molecule has 0 bridgehead atoms. The van der Waals surface area contributed by atoms with Gasteiger partial charge < -0.3 is 0 Å². The maximum absolute atomic E-state index is 3.42. The number of rotatable bonds is 14. The van der Waals surface area contributed by atoms with Crippen LogP contribution in [0.1, 0.15) is 84.0 Å². The highest BCUT2D eigenvalue weighted by Crippen LogP contribution is 2.11. The molecule has 0 fully saturated rings. The molecule has 0 unspecified atom stereocenters. The molecule has 0 saturated heterocycles. The van der Waals surface area contributed by atoms with Gasteiger partial charge in [0.15, 0.2) is 0 Å². The maximum Gasteiger partial charge on any atom is 0.00660 e. The fraction of sp³-hybridized carbons (Fsp3) is 0.778. The Bertz CT molecular complexity index is 206. The van der Waals surface area contributed by atoms with Crippen LogP contribution in [0.15, 0.2) is 24.3 Å². The lowest BCUT2D eigenvalue weighted by atomic mass is 10.1. The molecule has 112 valence electrons. The Morgan fingerprint density at radius 3 is 1.63 bits per heavy atom. The molecule has 0 saturated carbocycles. The summed E-state index contributed by atoms with van der Waals surface area (Å²) >= 11 is 3.42. The molecule has 0 atom stereocenters. The second-order valence-electron chi connectivity index (χ2n) is 5.30. The number of unbranched alkanes of at least 4 members (excludes halogenated alkanes) is 10. The number of hydrogen-bond donors (Lipinski definition) is 0. The van der Waals surface area contributed by atoms with E-state index in [1.54, 1.807) is 0 Å². The quantitative estimate of drug-likeness (QED) is 0.180. The van der Waals surface area contributed by atoms with E-state index in [0.29, 0.717) is 0 Å². The number of halogens is 1. The minimum absolute atomic E-state index is 1.07. The molecule has 0 aromatic rings. The van der Waals surface area contributed by atoms with Crippen molar-refractivity contribution in [2.75, 3.05) is 5.33 Å². The molecule has 0 aromatic heterocycles. The van der Waals surface area contributed by atoms with Gasteiger partial charge in [0.25, 0.3) is 0 Å². The average molecular weight is 329 g/mol. The van der Waals surface area contributed by atoms with Crippen molar-refractivity contribution >= 4 is 15.9 Å². The molecule has 19 heavy (non-hydrogen) atoms. The molecule has 0 nitrogen and oxygen atoms in total. The van der Waals surface area contributed by atoms with Crippen LogP contribution >= 0.6 is 15.9 Å². The average Bonchev–Trinajstić information content (AvgIpc) is 2.43. The zero-order valence-corrected chi connectivity index (χ0v) is 14.5. The molecule has 0 aromatic carbocycles. The van der Waals surface area contributed by atoms with Crippen LogP contribution < -0.4 is 0 Å². The fourth-order valence-electron chi connectivity index (χ4n) is 2.16. The standard InChI is InChI=1S/C18H33Br/c1-2-3-4-5-6-7-8-9-10-11-12-13-14-15-16-17-18-19/h13-16H,2-12,17-18H2,1H3. The SMILES string of the molecule is CCCCCCCCCCCCC=CC=CCCBr. The molecule has 0 radical (unpaired) electrons. The van der Waals surface area contributed by atoms with Gasteiger partial charge in [-0.15, -0.1) is 0 Å². The van der Waals surface area contributed by atoms with Crippen molar-refractivity contribution in [3.05, 3.63) is 24.3 Å². The van der Waals surface area contributed by atoms with Gasteiger partial charge in [0.05, 0.1) is 0 Å². The minimum Gasteiger partial charge on any atom is -0.0925 e. The van der Waals surface area contributed by atoms with Gasteiger partial charge in [-0.1, -0.05) is 105 Å². The van der Waals surface area contributed by atoms with Crippen LogP contribution in [0.5, 0.6) is 0 Å². The van der Waals surface area contributed by atoms with E-state index in [2.05, 4.69) is 47.2 Å². The van der Waals surface area contributed by atoms with Gasteiger partial charge in [-0.05, 0) is 19.3 Å². The van der Waals surface area contributed by atoms with Gasteiger partial charge >= 0.3 is 0 Å². The van der Waals surface area contributed by atoms with Crippen LogP contribution in [0.2, 0.25) is 0 Å². The lowest BCUT2D eigenvalue weighted by Crippen LogP contribution is -1.81. The van der Waals surface area contributed by atoms with E-state index in [4.69, 9.17) is 0 Å². The molecule has 0 aliphatic rings. The van der Waals surface area contributed by atoms with Gasteiger partial charge in [-0.3, -0.25) is 0 Å². The fourth-order valence-corrected chi connectivity index (χ4v) is 2.43. The number of allylic oxidation sites excluding steroid dienone is 4. The topological polar surface area (TPSA) is 0 Å². The predicted octanol–water partition coefficient (Wildman–Crippen LogP) is 7.19. The normalized spacial score (nSPS) is 11.9. The van der Waals surface area contributed by atoms with Crippen molar-refractivity contribution in [2.24, 2.45) is 0 Å². The Morgan fingerprint density at radius 2 is 1.11 bits per heavy atom. The molecule has 0 aliphatic heterocycles. The molecule has 0 spiro atoms. The first-order valence-electron chi connectivity index (χ1n) is 8.29. The summed E-state index contributed by atoms with van der Waals surface area (Å²) in [6.45, 7) is 2.28. The summed E-state index contributed by atoms with van der Waals surface area (Å²) in [4.78, 5) is 0. The molecule has 0 N–H and O–H groups in total. The Kier molecular flexibility index (Phi) is 17.9. The van der Waals surface area contributed by atoms with Crippen LogP contribution in [0.3, 0.4) is 0 Å². The highest BCUT2D eigenvalue weighted by atomic mass is 79.9. The van der Waals surface area contributed by atoms with Gasteiger partial charge in [0.1, 0.15) is 0 Å². The van der Waals surface area contributed by atoms with Crippen molar-refractivity contribution in [1.82, 2.24) is 0 Å². The third-order valence-electron chi connectivity index (χ3n) is 3.38. The van der Waals surface area contributed by atoms with Gasteiger partial charge in [-0.2, -0.15) is 0 Å². The van der Waals surface area contributed by atoms with Gasteiger partial charge in [0.2, 0.25) is 0 Å². The van der Waals surface area contributed by atoms with Crippen molar-refractivity contribution in [3.63, 3.8) is 0 Å². The van der Waals surface area contributed by atoms with Crippen LogP contribution in [0.4, 0.5) is 0 Å². The lowest BCUT2D eigenvalue weighted by Gasteiger charge is -2.01. The molecule has 0 heterocycles. The van der Waals surface area contributed by atoms with E-state index in [0.717, 1.165) is 11.8 Å². The van der Waals surface area contributed by atoms with Crippen LogP contribution in [-0.2, 0) is 0 Å². The highest BCUT2D eigenvalue weighted by molar-refractivity contribution is 9.09. The summed E-state index contributed by atoms with van der Waals surface area (Å²) < 4.78 is 0. The molecular formula is C18H33Br. The van der Waals surface area contributed by atoms with E-state index < -0.39 is 0 Å². The summed E-state index contributed by atoms with van der Waals surface area (Å²) in [7, 11) is 0. The summed E-state index contributed by atoms with van der Waals surface area (Å²) in [5.41, 5.74) is 0.